The third-order valence-electron chi connectivity index (χ3n) is 3.77. The molecule has 0 aliphatic carbocycles. The van der Waals surface area contributed by atoms with Gasteiger partial charge in [0, 0.05) is 25.9 Å². The molecule has 0 radical (unpaired) electrons. The van der Waals surface area contributed by atoms with Crippen LogP contribution in [0.5, 0.6) is 5.75 Å². The average Bonchev–Trinajstić information content (AvgIpc) is 2.49. The van der Waals surface area contributed by atoms with Crippen molar-refractivity contribution in [2.24, 2.45) is 7.05 Å². The molecule has 5 heteroatoms. The number of para-hydroxylation sites is 1. The summed E-state index contributed by atoms with van der Waals surface area (Å²) in [6.45, 7) is 0.562. The van der Waals surface area contributed by atoms with Gasteiger partial charge in [-0.1, -0.05) is 12.1 Å². The fraction of sp³-hybridized carbons (Fsp3) is 0.250. The number of phenolic OH excluding ortho intramolecular Hbond substituents is 1. The van der Waals surface area contributed by atoms with Crippen molar-refractivity contribution in [3.63, 3.8) is 0 Å². The van der Waals surface area contributed by atoms with Crippen LogP contribution in [0.3, 0.4) is 0 Å². The number of phenols is 1. The fourth-order valence-electron chi connectivity index (χ4n) is 2.71. The van der Waals surface area contributed by atoms with Crippen molar-refractivity contribution in [1.29, 1.82) is 0 Å². The van der Waals surface area contributed by atoms with Gasteiger partial charge >= 0.3 is 0 Å². The molecule has 0 fully saturated rings. The van der Waals surface area contributed by atoms with Crippen LogP contribution in [0.15, 0.2) is 41.3 Å². The fourth-order valence-corrected chi connectivity index (χ4v) is 2.71. The van der Waals surface area contributed by atoms with E-state index in [-0.39, 0.29) is 17.2 Å². The van der Waals surface area contributed by atoms with Gasteiger partial charge in [-0.3, -0.25) is 9.59 Å². The summed E-state index contributed by atoms with van der Waals surface area (Å²) in [6.07, 6.45) is 3.23. The van der Waals surface area contributed by atoms with Crippen molar-refractivity contribution < 1.29 is 9.90 Å². The number of nitrogens with zero attached hydrogens (tertiary/aromatic N) is 2. The minimum absolute atomic E-state index is 0.116. The summed E-state index contributed by atoms with van der Waals surface area (Å²) in [5.41, 5.74) is 1.84. The van der Waals surface area contributed by atoms with E-state index in [9.17, 15) is 14.7 Å². The highest BCUT2D eigenvalue weighted by atomic mass is 16.3. The molecule has 1 aromatic carbocycles. The van der Waals surface area contributed by atoms with Crippen LogP contribution in [-0.4, -0.2) is 22.1 Å². The van der Waals surface area contributed by atoms with Gasteiger partial charge in [-0.25, -0.2) is 0 Å². The molecule has 0 unspecified atom stereocenters. The molecule has 0 saturated heterocycles. The predicted molar refractivity (Wildman–Crippen MR) is 79.8 cm³/mol. The number of carbonyl (C=O) groups is 1. The largest absolute Gasteiger partial charge is 0.506 e. The zero-order valence-corrected chi connectivity index (χ0v) is 11.7. The average molecular weight is 284 g/mol. The summed E-state index contributed by atoms with van der Waals surface area (Å²) >= 11 is 0. The minimum atomic E-state index is -0.201. The zero-order valence-electron chi connectivity index (χ0n) is 11.7. The third kappa shape index (κ3) is 2.31. The van der Waals surface area contributed by atoms with Crippen LogP contribution in [0.25, 0.3) is 0 Å². The Balaban J connectivity index is 2.04. The first-order chi connectivity index (χ1) is 10.1. The van der Waals surface area contributed by atoms with Gasteiger partial charge in [0.25, 0.3) is 5.91 Å². The van der Waals surface area contributed by atoms with E-state index >= 15 is 0 Å². The lowest BCUT2D eigenvalue weighted by molar-refractivity contribution is 0.0983. The van der Waals surface area contributed by atoms with Gasteiger partial charge in [0.1, 0.15) is 5.75 Å². The second-order valence-electron chi connectivity index (χ2n) is 5.21. The number of fused-ring (bicyclic) bond motifs is 1. The summed E-state index contributed by atoms with van der Waals surface area (Å²) in [6, 6.07) is 8.21. The van der Waals surface area contributed by atoms with Gasteiger partial charge in [0.15, 0.2) is 0 Å². The Bertz CT molecular complexity index is 764. The molecule has 0 spiro atoms. The highest BCUT2D eigenvalue weighted by Crippen LogP contribution is 2.36. The van der Waals surface area contributed by atoms with Crippen LogP contribution in [0.4, 0.5) is 5.69 Å². The molecule has 0 saturated carbocycles. The van der Waals surface area contributed by atoms with E-state index < -0.39 is 0 Å². The molecule has 1 aromatic heterocycles. The number of hydrogen-bond acceptors (Lipinski definition) is 3. The van der Waals surface area contributed by atoms with Crippen molar-refractivity contribution in [2.75, 3.05) is 11.4 Å². The number of pyridine rings is 1. The van der Waals surface area contributed by atoms with Crippen molar-refractivity contribution in [3.8, 4) is 5.75 Å². The van der Waals surface area contributed by atoms with Crippen LogP contribution in [0.2, 0.25) is 0 Å². The number of hydrogen-bond donors (Lipinski definition) is 1. The van der Waals surface area contributed by atoms with Gasteiger partial charge in [-0.15, -0.1) is 0 Å². The standard InChI is InChI=1S/C16H16N2O3/c1-17-10-12(7-8-14(17)20)16(21)18-9-3-5-11-4-2-6-13(19)15(11)18/h2,4,6-8,10,19H,3,5,9H2,1H3. The van der Waals surface area contributed by atoms with Gasteiger partial charge in [0.2, 0.25) is 5.56 Å². The first-order valence-corrected chi connectivity index (χ1v) is 6.87. The van der Waals surface area contributed by atoms with Crippen molar-refractivity contribution >= 4 is 11.6 Å². The molecule has 0 bridgehead atoms. The molecule has 2 heterocycles. The lowest BCUT2D eigenvalue weighted by Gasteiger charge is -2.30. The first-order valence-electron chi connectivity index (χ1n) is 6.87. The van der Waals surface area contributed by atoms with Crippen LogP contribution in [0.1, 0.15) is 22.3 Å². The monoisotopic (exact) mass is 284 g/mol. The number of carbonyl (C=O) groups excluding carboxylic acids is 1. The van der Waals surface area contributed by atoms with E-state index in [0.29, 0.717) is 17.8 Å². The van der Waals surface area contributed by atoms with E-state index in [2.05, 4.69) is 0 Å². The Morgan fingerprint density at radius 3 is 2.81 bits per heavy atom. The summed E-state index contributed by atoms with van der Waals surface area (Å²) < 4.78 is 1.38. The Kier molecular flexibility index (Phi) is 3.25. The summed E-state index contributed by atoms with van der Waals surface area (Å²) in [5.74, 6) is -0.0848. The lowest BCUT2D eigenvalue weighted by Crippen LogP contribution is -2.36. The van der Waals surface area contributed by atoms with Gasteiger partial charge < -0.3 is 14.6 Å². The first kappa shape index (κ1) is 13.4. The maximum atomic E-state index is 12.7. The van der Waals surface area contributed by atoms with Crippen molar-refractivity contribution in [3.05, 3.63) is 58.0 Å². The second-order valence-corrected chi connectivity index (χ2v) is 5.21. The molecule has 1 N–H and O–H groups in total. The van der Waals surface area contributed by atoms with Crippen molar-refractivity contribution in [1.82, 2.24) is 4.57 Å². The second kappa shape index (κ2) is 5.09. The molecule has 108 valence electrons. The quantitative estimate of drug-likeness (QED) is 0.866. The summed E-state index contributed by atoms with van der Waals surface area (Å²) in [5, 5.41) is 10.1. The minimum Gasteiger partial charge on any atom is -0.506 e. The maximum absolute atomic E-state index is 12.7. The normalized spacial score (nSPS) is 13.9. The van der Waals surface area contributed by atoms with E-state index in [1.54, 1.807) is 24.1 Å². The van der Waals surface area contributed by atoms with Gasteiger partial charge in [0.05, 0.1) is 11.3 Å². The van der Waals surface area contributed by atoms with Crippen LogP contribution >= 0.6 is 0 Å². The van der Waals surface area contributed by atoms with Crippen molar-refractivity contribution in [2.45, 2.75) is 12.8 Å². The van der Waals surface area contributed by atoms with E-state index in [0.717, 1.165) is 18.4 Å². The van der Waals surface area contributed by atoms with Crippen LogP contribution in [-0.2, 0) is 13.5 Å². The third-order valence-corrected chi connectivity index (χ3v) is 3.77. The maximum Gasteiger partial charge on any atom is 0.259 e. The smallest absolute Gasteiger partial charge is 0.259 e. The SMILES string of the molecule is Cn1cc(C(=O)N2CCCc3cccc(O)c32)ccc1=O. The number of amides is 1. The van der Waals surface area contributed by atoms with Crippen LogP contribution < -0.4 is 10.5 Å². The molecule has 3 rings (SSSR count). The molecule has 2 aromatic rings. The van der Waals surface area contributed by atoms with Gasteiger partial charge in [-0.05, 0) is 30.5 Å². The lowest BCUT2D eigenvalue weighted by atomic mass is 10.0. The Morgan fingerprint density at radius 2 is 2.05 bits per heavy atom. The number of aromatic nitrogens is 1. The molecule has 21 heavy (non-hydrogen) atoms. The van der Waals surface area contributed by atoms with Gasteiger partial charge in [-0.2, -0.15) is 0 Å². The molecule has 0 atom stereocenters. The number of aromatic hydroxyl groups is 1. The Morgan fingerprint density at radius 1 is 1.24 bits per heavy atom. The molecule has 5 nitrogen and oxygen atoms in total. The van der Waals surface area contributed by atoms with Crippen LogP contribution in [0, 0.1) is 0 Å². The zero-order chi connectivity index (χ0) is 15.0. The Hall–Kier alpha value is -2.56. The predicted octanol–water partition coefficient (Wildman–Crippen LogP) is 1.68. The molecular formula is C16H16N2O3. The number of benzene rings is 1. The highest BCUT2D eigenvalue weighted by Gasteiger charge is 2.26. The molecule has 1 amide bonds. The number of anilines is 1. The number of aryl methyl sites for hydroxylation is 2. The van der Waals surface area contributed by atoms with E-state index in [4.69, 9.17) is 0 Å². The Labute approximate surface area is 122 Å². The van der Waals surface area contributed by atoms with E-state index in [1.807, 2.05) is 6.07 Å². The molecule has 1 aliphatic heterocycles. The molecular weight excluding hydrogens is 268 g/mol. The van der Waals surface area contributed by atoms with E-state index in [1.165, 1.54) is 22.9 Å². The molecule has 1 aliphatic rings. The highest BCUT2D eigenvalue weighted by molar-refractivity contribution is 6.07. The number of rotatable bonds is 1. The topological polar surface area (TPSA) is 62.5 Å². The summed E-state index contributed by atoms with van der Waals surface area (Å²) in [7, 11) is 1.61. The summed E-state index contributed by atoms with van der Waals surface area (Å²) in [4.78, 5) is 25.7.